The normalized spacial score (nSPS) is 16.9. The van der Waals surface area contributed by atoms with Gasteiger partial charge in [0.2, 0.25) is 0 Å². The minimum Gasteiger partial charge on any atom is -0.466 e. The number of esters is 1. The fourth-order valence-electron chi connectivity index (χ4n) is 1.76. The first kappa shape index (κ1) is 11.1. The van der Waals surface area contributed by atoms with Crippen molar-refractivity contribution in [2.24, 2.45) is 5.73 Å². The molecule has 1 fully saturated rings. The van der Waals surface area contributed by atoms with Crippen LogP contribution in [-0.2, 0) is 21.5 Å². The molecule has 0 bridgehead atoms. The molecule has 1 aliphatic rings. The molecular weight excluding hydrogens is 202 g/mol. The van der Waals surface area contributed by atoms with Crippen molar-refractivity contribution in [3.63, 3.8) is 0 Å². The summed E-state index contributed by atoms with van der Waals surface area (Å²) in [5.41, 5.74) is 8.13. The third kappa shape index (κ3) is 2.42. The monoisotopic (exact) mass is 219 g/mol. The number of carbonyl (C=O) groups is 1. The molecule has 0 atom stereocenters. The lowest BCUT2D eigenvalue weighted by atomic mass is 10.0. The number of rotatable bonds is 4. The van der Waals surface area contributed by atoms with Gasteiger partial charge in [0, 0.05) is 5.54 Å². The highest BCUT2D eigenvalue weighted by Gasteiger charge is 2.39. The molecular formula is C13H17NO2. The molecule has 0 saturated heterocycles. The van der Waals surface area contributed by atoms with Crippen molar-refractivity contribution < 1.29 is 9.53 Å². The third-order valence-electron chi connectivity index (χ3n) is 2.97. The van der Waals surface area contributed by atoms with Crippen molar-refractivity contribution in [3.8, 4) is 0 Å². The first-order valence-electron chi connectivity index (χ1n) is 5.68. The zero-order valence-corrected chi connectivity index (χ0v) is 9.53. The van der Waals surface area contributed by atoms with Crippen LogP contribution in [0.5, 0.6) is 0 Å². The summed E-state index contributed by atoms with van der Waals surface area (Å²) in [6, 6.07) is 7.95. The SMILES string of the molecule is CCOC(=O)Cc1ccc(C2(N)CC2)cc1. The molecule has 0 aliphatic heterocycles. The molecule has 0 radical (unpaired) electrons. The van der Waals surface area contributed by atoms with E-state index in [9.17, 15) is 4.79 Å². The van der Waals surface area contributed by atoms with E-state index in [-0.39, 0.29) is 11.5 Å². The molecule has 1 aliphatic carbocycles. The Morgan fingerprint density at radius 1 is 1.38 bits per heavy atom. The quantitative estimate of drug-likeness (QED) is 0.785. The molecule has 2 rings (SSSR count). The maximum Gasteiger partial charge on any atom is 0.310 e. The number of hydrogen-bond acceptors (Lipinski definition) is 3. The Kier molecular flexibility index (Phi) is 2.97. The molecule has 0 heterocycles. The van der Waals surface area contributed by atoms with Gasteiger partial charge in [-0.3, -0.25) is 4.79 Å². The fraction of sp³-hybridized carbons (Fsp3) is 0.462. The fourth-order valence-corrected chi connectivity index (χ4v) is 1.76. The van der Waals surface area contributed by atoms with Crippen molar-refractivity contribution >= 4 is 5.97 Å². The van der Waals surface area contributed by atoms with Crippen LogP contribution in [0.3, 0.4) is 0 Å². The number of hydrogen-bond donors (Lipinski definition) is 1. The van der Waals surface area contributed by atoms with E-state index in [2.05, 4.69) is 0 Å². The van der Waals surface area contributed by atoms with Crippen molar-refractivity contribution in [1.29, 1.82) is 0 Å². The second-order valence-electron chi connectivity index (χ2n) is 4.33. The molecule has 3 nitrogen and oxygen atoms in total. The Bertz CT molecular complexity index is 379. The molecule has 86 valence electrons. The number of ether oxygens (including phenoxy) is 1. The van der Waals surface area contributed by atoms with E-state index in [0.29, 0.717) is 13.0 Å². The lowest BCUT2D eigenvalue weighted by Crippen LogP contribution is -2.18. The molecule has 16 heavy (non-hydrogen) atoms. The summed E-state index contributed by atoms with van der Waals surface area (Å²) < 4.78 is 4.89. The summed E-state index contributed by atoms with van der Waals surface area (Å²) in [7, 11) is 0. The van der Waals surface area contributed by atoms with Gasteiger partial charge in [-0.25, -0.2) is 0 Å². The maximum absolute atomic E-state index is 11.3. The van der Waals surface area contributed by atoms with Gasteiger partial charge < -0.3 is 10.5 Å². The molecule has 1 aromatic carbocycles. The van der Waals surface area contributed by atoms with E-state index < -0.39 is 0 Å². The van der Waals surface area contributed by atoms with Crippen LogP contribution in [-0.4, -0.2) is 12.6 Å². The van der Waals surface area contributed by atoms with Gasteiger partial charge in [-0.2, -0.15) is 0 Å². The van der Waals surface area contributed by atoms with E-state index in [1.165, 1.54) is 5.56 Å². The van der Waals surface area contributed by atoms with Gasteiger partial charge in [0.1, 0.15) is 0 Å². The second kappa shape index (κ2) is 4.26. The summed E-state index contributed by atoms with van der Waals surface area (Å²) in [5.74, 6) is -0.177. The Morgan fingerprint density at radius 3 is 2.50 bits per heavy atom. The lowest BCUT2D eigenvalue weighted by Gasteiger charge is -2.09. The van der Waals surface area contributed by atoms with E-state index in [0.717, 1.165) is 18.4 Å². The van der Waals surface area contributed by atoms with Crippen LogP contribution in [0, 0.1) is 0 Å². The van der Waals surface area contributed by atoms with Gasteiger partial charge in [-0.05, 0) is 30.9 Å². The van der Waals surface area contributed by atoms with Gasteiger partial charge >= 0.3 is 5.97 Å². The molecule has 0 aromatic heterocycles. The highest BCUT2D eigenvalue weighted by atomic mass is 16.5. The van der Waals surface area contributed by atoms with Crippen molar-refractivity contribution in [2.45, 2.75) is 31.7 Å². The van der Waals surface area contributed by atoms with Crippen molar-refractivity contribution in [2.75, 3.05) is 6.61 Å². The van der Waals surface area contributed by atoms with Gasteiger partial charge in [-0.15, -0.1) is 0 Å². The Hall–Kier alpha value is -1.35. The number of benzene rings is 1. The third-order valence-corrected chi connectivity index (χ3v) is 2.97. The highest BCUT2D eigenvalue weighted by Crippen LogP contribution is 2.42. The van der Waals surface area contributed by atoms with Crippen LogP contribution in [0.2, 0.25) is 0 Å². The summed E-state index contributed by atoms with van der Waals surface area (Å²) in [5, 5.41) is 0. The van der Waals surface area contributed by atoms with Gasteiger partial charge in [0.15, 0.2) is 0 Å². The first-order chi connectivity index (χ1) is 7.64. The first-order valence-corrected chi connectivity index (χ1v) is 5.68. The number of nitrogens with two attached hydrogens (primary N) is 1. The van der Waals surface area contributed by atoms with Crippen LogP contribution in [0.4, 0.5) is 0 Å². The second-order valence-corrected chi connectivity index (χ2v) is 4.33. The van der Waals surface area contributed by atoms with Crippen molar-refractivity contribution in [1.82, 2.24) is 0 Å². The Labute approximate surface area is 95.6 Å². The van der Waals surface area contributed by atoms with Crippen LogP contribution < -0.4 is 5.73 Å². The highest BCUT2D eigenvalue weighted by molar-refractivity contribution is 5.72. The Morgan fingerprint density at radius 2 is 2.00 bits per heavy atom. The van der Waals surface area contributed by atoms with Crippen LogP contribution >= 0.6 is 0 Å². The lowest BCUT2D eigenvalue weighted by molar-refractivity contribution is -0.142. The topological polar surface area (TPSA) is 52.3 Å². The number of carbonyl (C=O) groups excluding carboxylic acids is 1. The van der Waals surface area contributed by atoms with Gasteiger partial charge in [-0.1, -0.05) is 24.3 Å². The molecule has 1 saturated carbocycles. The standard InChI is InChI=1S/C13H17NO2/c1-2-16-12(15)9-10-3-5-11(6-4-10)13(14)7-8-13/h3-6H,2,7-9,14H2,1H3. The summed E-state index contributed by atoms with van der Waals surface area (Å²) >= 11 is 0. The zero-order valence-electron chi connectivity index (χ0n) is 9.53. The van der Waals surface area contributed by atoms with Crippen LogP contribution in [0.1, 0.15) is 30.9 Å². The average Bonchev–Trinajstić information content (AvgIpc) is 2.99. The van der Waals surface area contributed by atoms with E-state index in [4.69, 9.17) is 10.5 Å². The predicted molar refractivity (Wildman–Crippen MR) is 61.9 cm³/mol. The predicted octanol–water partition coefficient (Wildman–Crippen LogP) is 1.74. The zero-order chi connectivity index (χ0) is 11.6. The van der Waals surface area contributed by atoms with Crippen LogP contribution in [0.25, 0.3) is 0 Å². The molecule has 3 heteroatoms. The van der Waals surface area contributed by atoms with E-state index in [1.54, 1.807) is 0 Å². The minimum atomic E-state index is -0.177. The van der Waals surface area contributed by atoms with E-state index >= 15 is 0 Å². The summed E-state index contributed by atoms with van der Waals surface area (Å²) in [6.45, 7) is 2.25. The molecule has 0 spiro atoms. The molecule has 0 amide bonds. The van der Waals surface area contributed by atoms with Crippen LogP contribution in [0.15, 0.2) is 24.3 Å². The summed E-state index contributed by atoms with van der Waals surface area (Å²) in [4.78, 5) is 11.3. The molecule has 2 N–H and O–H groups in total. The average molecular weight is 219 g/mol. The molecule has 0 unspecified atom stereocenters. The van der Waals surface area contributed by atoms with Gasteiger partial charge in [0.05, 0.1) is 13.0 Å². The maximum atomic E-state index is 11.3. The minimum absolute atomic E-state index is 0.0948. The largest absolute Gasteiger partial charge is 0.466 e. The molecule has 1 aromatic rings. The Balaban J connectivity index is 1.99. The summed E-state index contributed by atoms with van der Waals surface area (Å²) in [6.07, 6.45) is 2.46. The smallest absolute Gasteiger partial charge is 0.310 e. The van der Waals surface area contributed by atoms with E-state index in [1.807, 2.05) is 31.2 Å². The van der Waals surface area contributed by atoms with Crippen molar-refractivity contribution in [3.05, 3.63) is 35.4 Å². The van der Waals surface area contributed by atoms with Gasteiger partial charge in [0.25, 0.3) is 0 Å².